The van der Waals surface area contributed by atoms with Gasteiger partial charge in [-0.3, -0.25) is 14.5 Å². The first-order valence-corrected chi connectivity index (χ1v) is 10.1. The van der Waals surface area contributed by atoms with Crippen LogP contribution in [0.3, 0.4) is 0 Å². The highest BCUT2D eigenvalue weighted by Crippen LogP contribution is 2.34. The molecule has 1 atom stereocenters. The molecule has 2 N–H and O–H groups in total. The highest BCUT2D eigenvalue weighted by atomic mass is 16.2. The minimum Gasteiger partial charge on any atom is -0.324 e. The molecule has 0 aliphatic heterocycles. The third kappa shape index (κ3) is 4.42. The summed E-state index contributed by atoms with van der Waals surface area (Å²) >= 11 is 0. The molecule has 0 radical (unpaired) electrons. The molecule has 5 nitrogen and oxygen atoms in total. The molecule has 0 fully saturated rings. The molecule has 2 amide bonds. The van der Waals surface area contributed by atoms with Crippen molar-refractivity contribution in [2.75, 3.05) is 24.2 Å². The van der Waals surface area contributed by atoms with Crippen LogP contribution in [-0.2, 0) is 11.2 Å². The van der Waals surface area contributed by atoms with E-state index < -0.39 is 0 Å². The van der Waals surface area contributed by atoms with Crippen LogP contribution in [0.25, 0.3) is 0 Å². The first kappa shape index (κ1) is 19.9. The van der Waals surface area contributed by atoms with Crippen molar-refractivity contribution in [2.45, 2.75) is 18.9 Å². The Balaban J connectivity index is 1.42. The van der Waals surface area contributed by atoms with Crippen LogP contribution in [0.5, 0.6) is 0 Å². The molecule has 0 saturated carbocycles. The zero-order chi connectivity index (χ0) is 20.9. The molecule has 5 heteroatoms. The number of fused-ring (bicyclic) bond motifs is 1. The molecule has 1 unspecified atom stereocenters. The van der Waals surface area contributed by atoms with Gasteiger partial charge in [-0.1, -0.05) is 54.6 Å². The molecule has 1 aliphatic carbocycles. The summed E-state index contributed by atoms with van der Waals surface area (Å²) in [5.41, 5.74) is 4.32. The highest BCUT2D eigenvalue weighted by molar-refractivity contribution is 6.10. The lowest BCUT2D eigenvalue weighted by molar-refractivity contribution is -0.117. The summed E-state index contributed by atoms with van der Waals surface area (Å²) < 4.78 is 0. The van der Waals surface area contributed by atoms with Crippen LogP contribution in [-0.4, -0.2) is 30.3 Å². The number of nitrogens with one attached hydrogen (secondary N) is 2. The first-order chi connectivity index (χ1) is 14.6. The smallest absolute Gasteiger partial charge is 0.257 e. The molecule has 0 bridgehead atoms. The lowest BCUT2D eigenvalue weighted by Gasteiger charge is -2.24. The number of aryl methyl sites for hydroxylation is 1. The zero-order valence-electron chi connectivity index (χ0n) is 17.0. The van der Waals surface area contributed by atoms with Crippen LogP contribution in [0.4, 0.5) is 11.4 Å². The van der Waals surface area contributed by atoms with E-state index in [1.807, 2.05) is 49.5 Å². The van der Waals surface area contributed by atoms with Gasteiger partial charge in [0.1, 0.15) is 0 Å². The largest absolute Gasteiger partial charge is 0.324 e. The van der Waals surface area contributed by atoms with E-state index in [1.54, 1.807) is 18.2 Å². The monoisotopic (exact) mass is 399 g/mol. The maximum Gasteiger partial charge on any atom is 0.257 e. The molecule has 152 valence electrons. The molecule has 1 aliphatic rings. The summed E-state index contributed by atoms with van der Waals surface area (Å²) in [5.74, 6) is -0.392. The summed E-state index contributed by atoms with van der Waals surface area (Å²) in [4.78, 5) is 27.5. The Bertz CT molecular complexity index is 1050. The number of hydrogen-bond donors (Lipinski definition) is 2. The third-order valence-corrected chi connectivity index (χ3v) is 5.50. The number of nitrogens with zero attached hydrogens (tertiary/aromatic N) is 1. The lowest BCUT2D eigenvalue weighted by Crippen LogP contribution is -2.33. The maximum atomic E-state index is 12.7. The Hall–Kier alpha value is -3.44. The van der Waals surface area contributed by atoms with Crippen molar-refractivity contribution in [3.8, 4) is 0 Å². The molecule has 0 saturated heterocycles. The number of rotatable bonds is 6. The number of para-hydroxylation sites is 2. The predicted molar refractivity (Wildman–Crippen MR) is 120 cm³/mol. The average Bonchev–Trinajstić information content (AvgIpc) is 3.19. The third-order valence-electron chi connectivity index (χ3n) is 5.50. The van der Waals surface area contributed by atoms with E-state index in [1.165, 1.54) is 11.1 Å². The standard InChI is InChI=1S/C25H25N3O2/c1-28(23-16-15-18-9-5-6-12-20(18)23)17-24(29)27-22-14-8-7-13-21(22)25(30)26-19-10-3-2-4-11-19/h2-14,23H,15-17H2,1H3,(H,26,30)(H,27,29). The van der Waals surface area contributed by atoms with Crippen molar-refractivity contribution in [1.82, 2.24) is 4.90 Å². The summed E-state index contributed by atoms with van der Waals surface area (Å²) in [6.45, 7) is 0.258. The number of amides is 2. The van der Waals surface area contributed by atoms with Gasteiger partial charge < -0.3 is 10.6 Å². The van der Waals surface area contributed by atoms with Crippen LogP contribution in [0.1, 0.15) is 33.9 Å². The van der Waals surface area contributed by atoms with Crippen LogP contribution >= 0.6 is 0 Å². The molecule has 0 spiro atoms. The Morgan fingerprint density at radius 3 is 2.43 bits per heavy atom. The first-order valence-electron chi connectivity index (χ1n) is 10.1. The molecule has 0 aromatic heterocycles. The van der Waals surface area contributed by atoms with E-state index in [4.69, 9.17) is 0 Å². The fourth-order valence-electron chi connectivity index (χ4n) is 4.03. The van der Waals surface area contributed by atoms with Gasteiger partial charge in [0.15, 0.2) is 0 Å². The number of anilines is 2. The number of carbonyl (C=O) groups excluding carboxylic acids is 2. The number of hydrogen-bond acceptors (Lipinski definition) is 3. The Morgan fingerprint density at radius 1 is 0.900 bits per heavy atom. The minimum absolute atomic E-state index is 0.137. The molecule has 0 heterocycles. The van der Waals surface area contributed by atoms with Crippen LogP contribution in [0.15, 0.2) is 78.9 Å². The maximum absolute atomic E-state index is 12.7. The second-order valence-corrected chi connectivity index (χ2v) is 7.58. The summed E-state index contributed by atoms with van der Waals surface area (Å²) in [6.07, 6.45) is 2.05. The number of likely N-dealkylation sites (N-methyl/N-ethyl adjacent to an activating group) is 1. The quantitative estimate of drug-likeness (QED) is 0.642. The molecule has 30 heavy (non-hydrogen) atoms. The van der Waals surface area contributed by atoms with Gasteiger partial charge in [-0.25, -0.2) is 0 Å². The average molecular weight is 399 g/mol. The van der Waals surface area contributed by atoms with E-state index in [-0.39, 0.29) is 24.4 Å². The van der Waals surface area contributed by atoms with Gasteiger partial charge in [-0.15, -0.1) is 0 Å². The topological polar surface area (TPSA) is 61.4 Å². The van der Waals surface area contributed by atoms with Crippen LogP contribution < -0.4 is 10.6 Å². The molecular formula is C25H25N3O2. The second kappa shape index (κ2) is 8.93. The van der Waals surface area contributed by atoms with Gasteiger partial charge in [0.05, 0.1) is 17.8 Å². The van der Waals surface area contributed by atoms with Crippen molar-refractivity contribution in [1.29, 1.82) is 0 Å². The Kier molecular flexibility index (Phi) is 5.91. The van der Waals surface area contributed by atoms with E-state index in [0.717, 1.165) is 12.8 Å². The summed E-state index contributed by atoms with van der Waals surface area (Å²) in [7, 11) is 1.97. The summed E-state index contributed by atoms with van der Waals surface area (Å²) in [5, 5.41) is 5.78. The second-order valence-electron chi connectivity index (χ2n) is 7.58. The highest BCUT2D eigenvalue weighted by Gasteiger charge is 2.26. The molecule has 3 aromatic carbocycles. The van der Waals surface area contributed by atoms with Gasteiger partial charge in [-0.2, -0.15) is 0 Å². The van der Waals surface area contributed by atoms with E-state index in [9.17, 15) is 9.59 Å². The van der Waals surface area contributed by atoms with Gasteiger partial charge in [0, 0.05) is 11.7 Å². The summed E-state index contributed by atoms with van der Waals surface area (Å²) in [6, 6.07) is 25.0. The molecular weight excluding hydrogens is 374 g/mol. The lowest BCUT2D eigenvalue weighted by atomic mass is 10.1. The SMILES string of the molecule is CN(CC(=O)Nc1ccccc1C(=O)Nc1ccccc1)C1CCc2ccccc21. The van der Waals surface area contributed by atoms with Gasteiger partial charge in [0.2, 0.25) is 5.91 Å². The number of carbonyl (C=O) groups is 2. The predicted octanol–water partition coefficient (Wildman–Crippen LogP) is 4.50. The van der Waals surface area contributed by atoms with E-state index in [2.05, 4.69) is 33.7 Å². The van der Waals surface area contributed by atoms with Gasteiger partial charge in [0.25, 0.3) is 5.91 Å². The normalized spacial score (nSPS) is 14.9. The van der Waals surface area contributed by atoms with E-state index in [0.29, 0.717) is 16.9 Å². The fraction of sp³-hybridized carbons (Fsp3) is 0.200. The van der Waals surface area contributed by atoms with Gasteiger partial charge in [-0.05, 0) is 55.3 Å². The Morgan fingerprint density at radius 2 is 1.60 bits per heavy atom. The van der Waals surface area contributed by atoms with Gasteiger partial charge >= 0.3 is 0 Å². The van der Waals surface area contributed by atoms with Crippen molar-refractivity contribution in [2.24, 2.45) is 0 Å². The van der Waals surface area contributed by atoms with Crippen molar-refractivity contribution < 1.29 is 9.59 Å². The van der Waals surface area contributed by atoms with E-state index >= 15 is 0 Å². The molecule has 3 aromatic rings. The molecule has 4 rings (SSSR count). The fourth-order valence-corrected chi connectivity index (χ4v) is 4.03. The van der Waals surface area contributed by atoms with Crippen LogP contribution in [0, 0.1) is 0 Å². The van der Waals surface area contributed by atoms with Crippen LogP contribution in [0.2, 0.25) is 0 Å². The van der Waals surface area contributed by atoms with Crippen molar-refractivity contribution in [3.63, 3.8) is 0 Å². The Labute approximate surface area is 176 Å². The van der Waals surface area contributed by atoms with Crippen molar-refractivity contribution in [3.05, 3.63) is 95.6 Å². The van der Waals surface area contributed by atoms with Crippen molar-refractivity contribution >= 4 is 23.2 Å². The zero-order valence-corrected chi connectivity index (χ0v) is 17.0. The number of benzene rings is 3. The minimum atomic E-state index is -0.254.